The second-order valence-corrected chi connectivity index (χ2v) is 4.41. The molecule has 0 saturated carbocycles. The first kappa shape index (κ1) is 13.9. The Balaban J connectivity index is 2.14. The van der Waals surface area contributed by atoms with Crippen LogP contribution in [0, 0.1) is 6.92 Å². The van der Waals surface area contributed by atoms with Crippen molar-refractivity contribution in [3.63, 3.8) is 0 Å². The maximum atomic E-state index is 11.6. The zero-order valence-electron chi connectivity index (χ0n) is 11.5. The Kier molecular flexibility index (Phi) is 4.20. The smallest absolute Gasteiger partial charge is 0.340 e. The number of benzene rings is 1. The van der Waals surface area contributed by atoms with Crippen LogP contribution in [-0.4, -0.2) is 18.1 Å². The van der Waals surface area contributed by atoms with Crippen molar-refractivity contribution in [2.24, 2.45) is 0 Å². The van der Waals surface area contributed by atoms with Crippen molar-refractivity contribution in [3.8, 4) is 0 Å². The number of anilines is 2. The lowest BCUT2D eigenvalue weighted by atomic mass is 10.1. The molecule has 0 amide bonds. The van der Waals surface area contributed by atoms with Crippen LogP contribution in [-0.2, 0) is 11.3 Å². The lowest BCUT2D eigenvalue weighted by Crippen LogP contribution is -2.08. The van der Waals surface area contributed by atoms with E-state index in [0.717, 1.165) is 16.9 Å². The van der Waals surface area contributed by atoms with Crippen molar-refractivity contribution in [2.75, 3.05) is 18.2 Å². The summed E-state index contributed by atoms with van der Waals surface area (Å²) in [6, 6.07) is 9.09. The molecule has 0 aliphatic heterocycles. The van der Waals surface area contributed by atoms with E-state index in [1.807, 2.05) is 25.1 Å². The van der Waals surface area contributed by atoms with Gasteiger partial charge < -0.3 is 15.8 Å². The van der Waals surface area contributed by atoms with Crippen molar-refractivity contribution in [2.45, 2.75) is 13.5 Å². The number of methoxy groups -OCH3 is 1. The first-order chi connectivity index (χ1) is 9.61. The van der Waals surface area contributed by atoms with Crippen LogP contribution in [0.25, 0.3) is 0 Å². The van der Waals surface area contributed by atoms with Crippen molar-refractivity contribution >= 4 is 17.3 Å². The fourth-order valence-corrected chi connectivity index (χ4v) is 1.84. The topological polar surface area (TPSA) is 77.2 Å². The summed E-state index contributed by atoms with van der Waals surface area (Å²) in [4.78, 5) is 15.9. The van der Waals surface area contributed by atoms with Gasteiger partial charge in [-0.1, -0.05) is 6.07 Å². The first-order valence-electron chi connectivity index (χ1n) is 6.24. The van der Waals surface area contributed by atoms with Gasteiger partial charge in [-0.3, -0.25) is 4.98 Å². The van der Waals surface area contributed by atoms with Crippen LogP contribution in [0.4, 0.5) is 11.4 Å². The molecule has 2 rings (SSSR count). The van der Waals surface area contributed by atoms with E-state index in [4.69, 9.17) is 10.5 Å². The Labute approximate surface area is 117 Å². The van der Waals surface area contributed by atoms with Crippen molar-refractivity contribution in [1.82, 2.24) is 4.98 Å². The highest BCUT2D eigenvalue weighted by Gasteiger charge is 2.10. The molecule has 1 aromatic carbocycles. The van der Waals surface area contributed by atoms with E-state index < -0.39 is 5.97 Å². The Bertz CT molecular complexity index is 626. The Hall–Kier alpha value is -2.56. The van der Waals surface area contributed by atoms with E-state index in [1.165, 1.54) is 7.11 Å². The van der Waals surface area contributed by atoms with E-state index in [1.54, 1.807) is 18.3 Å². The highest BCUT2D eigenvalue weighted by atomic mass is 16.5. The molecule has 1 heterocycles. The normalized spacial score (nSPS) is 10.1. The molecule has 0 radical (unpaired) electrons. The minimum atomic E-state index is -0.444. The van der Waals surface area contributed by atoms with Gasteiger partial charge in [-0.15, -0.1) is 0 Å². The predicted octanol–water partition coefficient (Wildman–Crippen LogP) is 2.37. The summed E-state index contributed by atoms with van der Waals surface area (Å²) in [5.74, 6) is -0.444. The van der Waals surface area contributed by atoms with E-state index >= 15 is 0 Å². The van der Waals surface area contributed by atoms with E-state index in [-0.39, 0.29) is 0 Å². The first-order valence-corrected chi connectivity index (χ1v) is 6.24. The summed E-state index contributed by atoms with van der Waals surface area (Å²) >= 11 is 0. The summed E-state index contributed by atoms with van der Waals surface area (Å²) < 4.78 is 4.69. The van der Waals surface area contributed by atoms with E-state index in [2.05, 4.69) is 10.3 Å². The quantitative estimate of drug-likeness (QED) is 0.659. The number of nitrogens with two attached hydrogens (primary N) is 1. The molecule has 20 heavy (non-hydrogen) atoms. The third kappa shape index (κ3) is 3.06. The summed E-state index contributed by atoms with van der Waals surface area (Å²) in [7, 11) is 1.33. The Morgan fingerprint density at radius 1 is 1.40 bits per heavy atom. The molecule has 2 aromatic rings. The Morgan fingerprint density at radius 3 is 2.90 bits per heavy atom. The monoisotopic (exact) mass is 271 g/mol. The number of nitrogen functional groups attached to an aromatic ring is 1. The van der Waals surface area contributed by atoms with Gasteiger partial charge in [-0.05, 0) is 36.8 Å². The molecule has 5 heteroatoms. The summed E-state index contributed by atoms with van der Waals surface area (Å²) in [6.45, 7) is 2.59. The third-order valence-corrected chi connectivity index (χ3v) is 3.04. The molecule has 0 bridgehead atoms. The molecule has 3 N–H and O–H groups in total. The number of ether oxygens (including phenoxy) is 1. The number of pyridine rings is 1. The highest BCUT2D eigenvalue weighted by molar-refractivity contribution is 5.96. The van der Waals surface area contributed by atoms with Gasteiger partial charge >= 0.3 is 5.97 Å². The lowest BCUT2D eigenvalue weighted by Gasteiger charge is -2.10. The van der Waals surface area contributed by atoms with Crippen LogP contribution in [0.3, 0.4) is 0 Å². The molecule has 104 valence electrons. The van der Waals surface area contributed by atoms with Gasteiger partial charge in [-0.25, -0.2) is 4.79 Å². The van der Waals surface area contributed by atoms with Crippen molar-refractivity contribution < 1.29 is 9.53 Å². The van der Waals surface area contributed by atoms with Gasteiger partial charge in [0.1, 0.15) is 0 Å². The highest BCUT2D eigenvalue weighted by Crippen LogP contribution is 2.19. The molecule has 0 aliphatic rings. The number of hydrogen-bond acceptors (Lipinski definition) is 5. The number of carbonyl (C=O) groups is 1. The van der Waals surface area contributed by atoms with Crippen molar-refractivity contribution in [3.05, 3.63) is 53.3 Å². The van der Waals surface area contributed by atoms with Crippen LogP contribution in [0.1, 0.15) is 21.6 Å². The molecule has 0 aliphatic carbocycles. The zero-order chi connectivity index (χ0) is 14.5. The van der Waals surface area contributed by atoms with E-state index in [9.17, 15) is 4.79 Å². The average Bonchev–Trinajstić information content (AvgIpc) is 2.47. The number of esters is 1. The number of aryl methyl sites for hydroxylation is 1. The minimum Gasteiger partial charge on any atom is -0.465 e. The molecule has 0 fully saturated rings. The van der Waals surface area contributed by atoms with Crippen molar-refractivity contribution in [1.29, 1.82) is 0 Å². The van der Waals surface area contributed by atoms with Gasteiger partial charge in [0.15, 0.2) is 0 Å². The number of carbonyl (C=O) groups excluding carboxylic acids is 1. The minimum absolute atomic E-state index is 0.357. The van der Waals surface area contributed by atoms with Gasteiger partial charge in [0.2, 0.25) is 0 Å². The van der Waals surface area contributed by atoms with Gasteiger partial charge in [0.25, 0.3) is 0 Å². The van der Waals surface area contributed by atoms with Gasteiger partial charge in [0, 0.05) is 17.6 Å². The Morgan fingerprint density at radius 2 is 2.20 bits per heavy atom. The van der Waals surface area contributed by atoms with Crippen LogP contribution < -0.4 is 11.1 Å². The number of nitrogens with zero attached hydrogens (tertiary/aromatic N) is 1. The second-order valence-electron chi connectivity index (χ2n) is 4.41. The summed E-state index contributed by atoms with van der Waals surface area (Å²) in [5.41, 5.74) is 9.38. The number of nitrogens with one attached hydrogen (secondary N) is 1. The fourth-order valence-electron chi connectivity index (χ4n) is 1.84. The molecule has 0 unspecified atom stereocenters. The van der Waals surface area contributed by atoms with Crippen LogP contribution in [0.2, 0.25) is 0 Å². The molecular weight excluding hydrogens is 254 g/mol. The average molecular weight is 271 g/mol. The molecule has 0 saturated heterocycles. The van der Waals surface area contributed by atoms with Crippen LogP contribution >= 0.6 is 0 Å². The largest absolute Gasteiger partial charge is 0.465 e. The number of rotatable bonds is 4. The van der Waals surface area contributed by atoms with Crippen LogP contribution in [0.5, 0.6) is 0 Å². The maximum Gasteiger partial charge on any atom is 0.340 e. The zero-order valence-corrected chi connectivity index (χ0v) is 11.5. The second kappa shape index (κ2) is 6.06. The van der Waals surface area contributed by atoms with Gasteiger partial charge in [-0.2, -0.15) is 0 Å². The molecule has 5 nitrogen and oxygen atoms in total. The van der Waals surface area contributed by atoms with E-state index in [0.29, 0.717) is 17.8 Å². The summed E-state index contributed by atoms with van der Waals surface area (Å²) in [6.07, 6.45) is 1.76. The molecule has 0 atom stereocenters. The third-order valence-electron chi connectivity index (χ3n) is 3.04. The fraction of sp³-hybridized carbons (Fsp3) is 0.200. The maximum absolute atomic E-state index is 11.6. The lowest BCUT2D eigenvalue weighted by molar-refractivity contribution is 0.0602. The predicted molar refractivity (Wildman–Crippen MR) is 78.5 cm³/mol. The molecular formula is C15H17N3O2. The SMILES string of the molecule is COC(=O)c1cc(NCc2ncccc2C)ccc1N. The van der Waals surface area contributed by atoms with Crippen LogP contribution in [0.15, 0.2) is 36.5 Å². The number of hydrogen-bond donors (Lipinski definition) is 2. The molecule has 0 spiro atoms. The summed E-state index contributed by atoms with van der Waals surface area (Å²) in [5, 5.41) is 3.22. The number of aromatic nitrogens is 1. The van der Waals surface area contributed by atoms with Gasteiger partial charge in [0.05, 0.1) is 24.9 Å². The standard InChI is InChI=1S/C15H17N3O2/c1-10-4-3-7-17-14(10)9-18-11-5-6-13(16)12(8-11)15(19)20-2/h3-8,18H,9,16H2,1-2H3. The molecule has 1 aromatic heterocycles.